The number of carbonyl (C=O) groups excluding carboxylic acids is 1. The number of hydrogen-bond donors (Lipinski definition) is 1. The molecule has 0 atom stereocenters. The van der Waals surface area contributed by atoms with Crippen molar-refractivity contribution >= 4 is 21.8 Å². The van der Waals surface area contributed by atoms with Gasteiger partial charge in [0.05, 0.1) is 10.0 Å². The van der Waals surface area contributed by atoms with Gasteiger partial charge in [-0.2, -0.15) is 4.98 Å². The molecule has 2 aromatic rings. The molecule has 1 heterocycles. The summed E-state index contributed by atoms with van der Waals surface area (Å²) in [6, 6.07) is 4.56. The van der Waals surface area contributed by atoms with Gasteiger partial charge in [0.25, 0.3) is 5.91 Å². The van der Waals surface area contributed by atoms with E-state index < -0.39 is 11.7 Å². The summed E-state index contributed by atoms with van der Waals surface area (Å²) in [5, 5.41) is 6.30. The van der Waals surface area contributed by atoms with Gasteiger partial charge < -0.3 is 9.84 Å². The second-order valence-electron chi connectivity index (χ2n) is 3.84. The number of nitrogens with zero attached hydrogens (tertiary/aromatic N) is 2. The van der Waals surface area contributed by atoms with E-state index in [1.165, 1.54) is 12.1 Å². The topological polar surface area (TPSA) is 68.0 Å². The first-order chi connectivity index (χ1) is 9.08. The third kappa shape index (κ3) is 3.37. The van der Waals surface area contributed by atoms with Gasteiger partial charge in [0, 0.05) is 19.9 Å². The molecule has 0 aliphatic heterocycles. The van der Waals surface area contributed by atoms with E-state index in [0.29, 0.717) is 24.7 Å². The number of benzene rings is 1. The molecule has 2 rings (SSSR count). The summed E-state index contributed by atoms with van der Waals surface area (Å²) < 4.78 is 18.7. The molecule has 19 heavy (non-hydrogen) atoms. The number of rotatable bonds is 4. The van der Waals surface area contributed by atoms with E-state index >= 15 is 0 Å². The zero-order valence-corrected chi connectivity index (χ0v) is 11.7. The molecule has 0 saturated carbocycles. The van der Waals surface area contributed by atoms with Crippen molar-refractivity contribution in [3.63, 3.8) is 0 Å². The average molecular weight is 328 g/mol. The van der Waals surface area contributed by atoms with Gasteiger partial charge in [0.2, 0.25) is 5.89 Å². The highest BCUT2D eigenvalue weighted by Crippen LogP contribution is 2.18. The Morgan fingerprint density at radius 3 is 3.00 bits per heavy atom. The van der Waals surface area contributed by atoms with Gasteiger partial charge in [0.15, 0.2) is 5.82 Å². The van der Waals surface area contributed by atoms with Crippen LogP contribution in [0.2, 0.25) is 0 Å². The van der Waals surface area contributed by atoms with Gasteiger partial charge in [-0.1, -0.05) is 11.2 Å². The van der Waals surface area contributed by atoms with E-state index in [1.807, 2.05) is 0 Å². The van der Waals surface area contributed by atoms with Crippen molar-refractivity contribution in [2.75, 3.05) is 6.54 Å². The zero-order chi connectivity index (χ0) is 13.8. The van der Waals surface area contributed by atoms with E-state index in [2.05, 4.69) is 31.4 Å². The molecule has 1 amide bonds. The van der Waals surface area contributed by atoms with Crippen LogP contribution < -0.4 is 5.32 Å². The van der Waals surface area contributed by atoms with E-state index in [-0.39, 0.29) is 10.0 Å². The number of amides is 1. The van der Waals surface area contributed by atoms with Crippen molar-refractivity contribution in [3.05, 3.63) is 45.8 Å². The molecule has 0 spiro atoms. The summed E-state index contributed by atoms with van der Waals surface area (Å²) in [5.74, 6) is -0.0682. The van der Waals surface area contributed by atoms with Crippen LogP contribution in [0.3, 0.4) is 0 Å². The van der Waals surface area contributed by atoms with E-state index in [9.17, 15) is 9.18 Å². The maximum Gasteiger partial charge on any atom is 0.254 e. The smallest absolute Gasteiger partial charge is 0.254 e. The fraction of sp³-hybridized carbons (Fsp3) is 0.250. The first-order valence-corrected chi connectivity index (χ1v) is 6.38. The largest absolute Gasteiger partial charge is 0.351 e. The Labute approximate surface area is 117 Å². The first kappa shape index (κ1) is 13.7. The molecule has 1 aromatic carbocycles. The van der Waals surface area contributed by atoms with Gasteiger partial charge in [-0.3, -0.25) is 4.79 Å². The van der Waals surface area contributed by atoms with Crippen molar-refractivity contribution in [3.8, 4) is 0 Å². The molecule has 0 saturated heterocycles. The Hall–Kier alpha value is -1.76. The van der Waals surface area contributed by atoms with Crippen LogP contribution in [-0.4, -0.2) is 22.6 Å². The van der Waals surface area contributed by atoms with Crippen molar-refractivity contribution in [1.82, 2.24) is 15.5 Å². The zero-order valence-electron chi connectivity index (χ0n) is 10.1. The molecule has 0 aliphatic rings. The maximum absolute atomic E-state index is 13.7. The van der Waals surface area contributed by atoms with Crippen LogP contribution in [0.4, 0.5) is 4.39 Å². The molecule has 1 N–H and O–H groups in total. The quantitative estimate of drug-likeness (QED) is 0.935. The number of halogens is 2. The standard InChI is InChI=1S/C12H11BrFN3O2/c1-7-16-10(17-19-7)5-6-15-12(18)8-3-2-4-9(13)11(8)14/h2-4H,5-6H2,1H3,(H,15,18). The molecule has 0 bridgehead atoms. The van der Waals surface area contributed by atoms with Crippen molar-refractivity contribution in [1.29, 1.82) is 0 Å². The van der Waals surface area contributed by atoms with Crippen LogP contribution in [-0.2, 0) is 6.42 Å². The second-order valence-corrected chi connectivity index (χ2v) is 4.69. The minimum atomic E-state index is -0.574. The molecule has 0 unspecified atom stereocenters. The fourth-order valence-electron chi connectivity index (χ4n) is 1.51. The van der Waals surface area contributed by atoms with Crippen LogP contribution in [0.15, 0.2) is 27.2 Å². The molecule has 0 aliphatic carbocycles. The highest BCUT2D eigenvalue weighted by Gasteiger charge is 2.13. The Bertz CT molecular complexity index is 600. The van der Waals surface area contributed by atoms with Crippen LogP contribution in [0, 0.1) is 12.7 Å². The number of nitrogens with one attached hydrogen (secondary N) is 1. The highest BCUT2D eigenvalue weighted by molar-refractivity contribution is 9.10. The monoisotopic (exact) mass is 327 g/mol. The van der Waals surface area contributed by atoms with Gasteiger partial charge in [-0.25, -0.2) is 4.39 Å². The highest BCUT2D eigenvalue weighted by atomic mass is 79.9. The normalized spacial score (nSPS) is 10.5. The molecular weight excluding hydrogens is 317 g/mol. The van der Waals surface area contributed by atoms with E-state index in [0.717, 1.165) is 0 Å². The SMILES string of the molecule is Cc1nc(CCNC(=O)c2cccc(Br)c2F)no1. The molecule has 0 radical (unpaired) electrons. The Balaban J connectivity index is 1.93. The molecule has 5 nitrogen and oxygen atoms in total. The Kier molecular flexibility index (Phi) is 4.26. The maximum atomic E-state index is 13.7. The van der Waals surface area contributed by atoms with E-state index in [1.54, 1.807) is 13.0 Å². The molecule has 100 valence electrons. The third-order valence-electron chi connectivity index (χ3n) is 2.40. The predicted molar refractivity (Wildman–Crippen MR) is 69.2 cm³/mol. The van der Waals surface area contributed by atoms with Crippen LogP contribution >= 0.6 is 15.9 Å². The number of hydrogen-bond acceptors (Lipinski definition) is 4. The molecule has 0 fully saturated rings. The Morgan fingerprint density at radius 2 is 2.32 bits per heavy atom. The summed E-state index contributed by atoms with van der Waals surface area (Å²) >= 11 is 3.03. The fourth-order valence-corrected chi connectivity index (χ4v) is 1.87. The average Bonchev–Trinajstić information content (AvgIpc) is 2.78. The van der Waals surface area contributed by atoms with Gasteiger partial charge in [-0.15, -0.1) is 0 Å². The minimum absolute atomic E-state index is 0.00123. The summed E-state index contributed by atoms with van der Waals surface area (Å²) in [6.45, 7) is 2.00. The van der Waals surface area contributed by atoms with Gasteiger partial charge >= 0.3 is 0 Å². The minimum Gasteiger partial charge on any atom is -0.351 e. The third-order valence-corrected chi connectivity index (χ3v) is 3.01. The van der Waals surface area contributed by atoms with Crippen LogP contribution in [0.1, 0.15) is 22.1 Å². The predicted octanol–water partition coefficient (Wildman–Crippen LogP) is 2.25. The number of carbonyl (C=O) groups is 1. The molecular formula is C12H11BrFN3O2. The number of aryl methyl sites for hydroxylation is 1. The molecule has 1 aromatic heterocycles. The Morgan fingerprint density at radius 1 is 1.53 bits per heavy atom. The molecule has 7 heteroatoms. The lowest BCUT2D eigenvalue weighted by molar-refractivity contribution is 0.0949. The lowest BCUT2D eigenvalue weighted by atomic mass is 10.2. The van der Waals surface area contributed by atoms with Crippen LogP contribution in [0.25, 0.3) is 0 Å². The van der Waals surface area contributed by atoms with Crippen molar-refractivity contribution in [2.45, 2.75) is 13.3 Å². The lowest BCUT2D eigenvalue weighted by Crippen LogP contribution is -2.26. The summed E-state index contributed by atoms with van der Waals surface area (Å²) in [4.78, 5) is 15.8. The van der Waals surface area contributed by atoms with Gasteiger partial charge in [-0.05, 0) is 28.1 Å². The van der Waals surface area contributed by atoms with E-state index in [4.69, 9.17) is 4.52 Å². The lowest BCUT2D eigenvalue weighted by Gasteiger charge is -2.05. The van der Waals surface area contributed by atoms with Gasteiger partial charge in [0.1, 0.15) is 5.82 Å². The van der Waals surface area contributed by atoms with Crippen molar-refractivity contribution < 1.29 is 13.7 Å². The second kappa shape index (κ2) is 5.92. The summed E-state index contributed by atoms with van der Waals surface area (Å²) in [7, 11) is 0. The summed E-state index contributed by atoms with van der Waals surface area (Å²) in [6.07, 6.45) is 0.429. The number of aromatic nitrogens is 2. The summed E-state index contributed by atoms with van der Waals surface area (Å²) in [5.41, 5.74) is -0.00123. The van der Waals surface area contributed by atoms with Crippen LogP contribution in [0.5, 0.6) is 0 Å². The van der Waals surface area contributed by atoms with Crippen molar-refractivity contribution in [2.24, 2.45) is 0 Å². The first-order valence-electron chi connectivity index (χ1n) is 5.59.